The first-order valence-electron chi connectivity index (χ1n) is 11.1. The van der Waals surface area contributed by atoms with E-state index >= 15 is 4.39 Å². The highest BCUT2D eigenvalue weighted by Gasteiger charge is 2.40. The van der Waals surface area contributed by atoms with Crippen LogP contribution in [-0.4, -0.2) is 37.9 Å². The van der Waals surface area contributed by atoms with Gasteiger partial charge >= 0.3 is 6.09 Å². The van der Waals surface area contributed by atoms with Gasteiger partial charge in [0.25, 0.3) is 0 Å². The number of benzene rings is 2. The summed E-state index contributed by atoms with van der Waals surface area (Å²) < 4.78 is 19.8. The zero-order valence-electron chi connectivity index (χ0n) is 18.4. The molecule has 3 N–H and O–H groups in total. The van der Waals surface area contributed by atoms with Crippen molar-refractivity contribution in [3.05, 3.63) is 59.4 Å². The number of aliphatic hydroxyl groups is 1. The number of aryl methyl sites for hydroxylation is 1. The number of carbonyl (C=O) groups excluding carboxylic acids is 1. The summed E-state index contributed by atoms with van der Waals surface area (Å²) >= 11 is 0. The molecule has 2 atom stereocenters. The first-order valence-corrected chi connectivity index (χ1v) is 11.1. The maximum Gasteiger partial charge on any atom is 0.406 e. The third-order valence-electron chi connectivity index (χ3n) is 6.27. The Morgan fingerprint density at radius 3 is 2.84 bits per heavy atom. The maximum atomic E-state index is 15.2. The smallest absolute Gasteiger partial charge is 0.406 e. The van der Waals surface area contributed by atoms with Crippen LogP contribution in [0.15, 0.2) is 42.5 Å². The second-order valence-electron chi connectivity index (χ2n) is 8.21. The standard InChI is InChI=1S/C25H33FN2O3/c1-3-18-8-4-9-19(16-18)23-21(11-5-12-22(23)26)25(30,20-10-6-14-27-17-20)13-7-15-28-24(29)31-2/h4-5,8-9,11-12,16,20,27,30H,3,6-7,10,13-15,17H2,1-2H3,(H,28,29)/t20?,25-/m0/s1. The number of hydrogen-bond donors (Lipinski definition) is 3. The molecule has 0 aliphatic carbocycles. The molecule has 1 amide bonds. The highest BCUT2D eigenvalue weighted by molar-refractivity contribution is 5.70. The second kappa shape index (κ2) is 10.7. The predicted molar refractivity (Wildman–Crippen MR) is 120 cm³/mol. The molecule has 0 radical (unpaired) electrons. The molecule has 0 spiro atoms. The molecule has 1 aliphatic rings. The van der Waals surface area contributed by atoms with Gasteiger partial charge < -0.3 is 20.5 Å². The lowest BCUT2D eigenvalue weighted by molar-refractivity contribution is -0.0417. The molecule has 2 aromatic carbocycles. The average Bonchev–Trinajstić information content (AvgIpc) is 2.81. The second-order valence-corrected chi connectivity index (χ2v) is 8.21. The largest absolute Gasteiger partial charge is 0.453 e. The molecule has 1 fully saturated rings. The van der Waals surface area contributed by atoms with Crippen LogP contribution in [-0.2, 0) is 16.8 Å². The summed E-state index contributed by atoms with van der Waals surface area (Å²) in [6.45, 7) is 4.04. The first kappa shape index (κ1) is 23.2. The Morgan fingerprint density at radius 2 is 2.13 bits per heavy atom. The topological polar surface area (TPSA) is 70.6 Å². The molecule has 5 nitrogen and oxygen atoms in total. The molecule has 3 rings (SSSR count). The molecule has 6 heteroatoms. The van der Waals surface area contributed by atoms with Crippen LogP contribution in [0.25, 0.3) is 11.1 Å². The van der Waals surface area contributed by atoms with Gasteiger partial charge in [0.2, 0.25) is 0 Å². The number of nitrogens with one attached hydrogen (secondary N) is 2. The Bertz CT molecular complexity index is 883. The monoisotopic (exact) mass is 428 g/mol. The van der Waals surface area contributed by atoms with Crippen LogP contribution >= 0.6 is 0 Å². The lowest BCUT2D eigenvalue weighted by Gasteiger charge is -2.40. The van der Waals surface area contributed by atoms with Gasteiger partial charge in [0.1, 0.15) is 5.82 Å². The van der Waals surface area contributed by atoms with E-state index < -0.39 is 11.7 Å². The number of carbonyl (C=O) groups is 1. The van der Waals surface area contributed by atoms with Gasteiger partial charge in [-0.1, -0.05) is 43.3 Å². The van der Waals surface area contributed by atoms with Crippen LogP contribution in [0, 0.1) is 11.7 Å². The van der Waals surface area contributed by atoms with Crippen molar-refractivity contribution in [2.45, 2.75) is 44.6 Å². The van der Waals surface area contributed by atoms with Crippen LogP contribution in [0.3, 0.4) is 0 Å². The first-order chi connectivity index (χ1) is 15.0. The van der Waals surface area contributed by atoms with E-state index in [0.717, 1.165) is 36.9 Å². The van der Waals surface area contributed by atoms with E-state index in [1.54, 1.807) is 6.07 Å². The SMILES string of the molecule is CCc1cccc(-c2c(F)cccc2[C@](O)(CCCNC(=O)OC)C2CCCNC2)c1. The normalized spacial score (nSPS) is 18.3. The van der Waals surface area contributed by atoms with Gasteiger partial charge in [-0.3, -0.25) is 0 Å². The number of alkyl carbamates (subject to hydrolysis) is 1. The fourth-order valence-corrected chi connectivity index (χ4v) is 4.56. The minimum Gasteiger partial charge on any atom is -0.453 e. The Kier molecular flexibility index (Phi) is 8.04. The number of hydrogen-bond acceptors (Lipinski definition) is 4. The van der Waals surface area contributed by atoms with E-state index in [4.69, 9.17) is 0 Å². The van der Waals surface area contributed by atoms with Crippen LogP contribution in [0.5, 0.6) is 0 Å². The maximum absolute atomic E-state index is 15.2. The zero-order chi connectivity index (χ0) is 22.3. The van der Waals surface area contributed by atoms with E-state index in [1.807, 2.05) is 30.3 Å². The van der Waals surface area contributed by atoms with Crippen molar-refractivity contribution in [2.24, 2.45) is 5.92 Å². The molecular formula is C25H33FN2O3. The Hall–Kier alpha value is -2.44. The van der Waals surface area contributed by atoms with E-state index in [9.17, 15) is 9.90 Å². The van der Waals surface area contributed by atoms with Crippen molar-refractivity contribution in [1.82, 2.24) is 10.6 Å². The lowest BCUT2D eigenvalue weighted by Crippen LogP contribution is -2.45. The molecule has 1 heterocycles. The van der Waals surface area contributed by atoms with Gasteiger partial charge in [0.05, 0.1) is 12.7 Å². The molecule has 0 aromatic heterocycles. The van der Waals surface area contributed by atoms with E-state index in [1.165, 1.54) is 13.2 Å². The summed E-state index contributed by atoms with van der Waals surface area (Å²) in [5.41, 5.74) is 1.77. The van der Waals surface area contributed by atoms with Crippen LogP contribution in [0.2, 0.25) is 0 Å². The number of rotatable bonds is 8. The van der Waals surface area contributed by atoms with E-state index in [0.29, 0.717) is 37.1 Å². The summed E-state index contributed by atoms with van der Waals surface area (Å²) in [6, 6.07) is 12.8. The molecule has 0 saturated carbocycles. The highest BCUT2D eigenvalue weighted by Crippen LogP contribution is 2.43. The number of halogens is 1. The Morgan fingerprint density at radius 1 is 1.32 bits per heavy atom. The molecule has 1 aliphatic heterocycles. The Labute approximate surface area is 184 Å². The van der Waals surface area contributed by atoms with Gasteiger partial charge in [-0.2, -0.15) is 0 Å². The van der Waals surface area contributed by atoms with Crippen LogP contribution in [0.4, 0.5) is 9.18 Å². The number of methoxy groups -OCH3 is 1. The zero-order valence-corrected chi connectivity index (χ0v) is 18.4. The minimum absolute atomic E-state index is 0.0470. The van der Waals surface area contributed by atoms with Crippen molar-refractivity contribution in [3.63, 3.8) is 0 Å². The summed E-state index contributed by atoms with van der Waals surface area (Å²) in [4.78, 5) is 11.4. The third-order valence-corrected chi connectivity index (χ3v) is 6.27. The Balaban J connectivity index is 2.00. The molecule has 168 valence electrons. The van der Waals surface area contributed by atoms with Gasteiger partial charge in [0, 0.05) is 24.6 Å². The van der Waals surface area contributed by atoms with E-state index in [-0.39, 0.29) is 11.7 Å². The predicted octanol–water partition coefficient (Wildman–Crippen LogP) is 4.38. The third kappa shape index (κ3) is 5.43. The minimum atomic E-state index is -1.22. The van der Waals surface area contributed by atoms with E-state index in [2.05, 4.69) is 22.3 Å². The summed E-state index contributed by atoms with van der Waals surface area (Å²) in [6.07, 6.45) is 3.14. The fraction of sp³-hybridized carbons (Fsp3) is 0.480. The van der Waals surface area contributed by atoms with Crippen LogP contribution in [0.1, 0.15) is 43.7 Å². The van der Waals surface area contributed by atoms with Gasteiger partial charge in [-0.05, 0) is 61.4 Å². The fourth-order valence-electron chi connectivity index (χ4n) is 4.56. The molecule has 1 saturated heterocycles. The number of ether oxygens (including phenoxy) is 1. The molecule has 31 heavy (non-hydrogen) atoms. The highest BCUT2D eigenvalue weighted by atomic mass is 19.1. The number of piperidine rings is 1. The van der Waals surface area contributed by atoms with Crippen molar-refractivity contribution in [3.8, 4) is 11.1 Å². The lowest BCUT2D eigenvalue weighted by atomic mass is 9.72. The molecule has 2 aromatic rings. The van der Waals surface area contributed by atoms with Gasteiger partial charge in [-0.15, -0.1) is 0 Å². The summed E-state index contributed by atoms with van der Waals surface area (Å²) in [5.74, 6) is -0.380. The van der Waals surface area contributed by atoms with Crippen molar-refractivity contribution < 1.29 is 19.0 Å². The quantitative estimate of drug-likeness (QED) is 0.546. The summed E-state index contributed by atoms with van der Waals surface area (Å²) in [5, 5.41) is 18.1. The molecular weight excluding hydrogens is 395 g/mol. The van der Waals surface area contributed by atoms with Gasteiger partial charge in [0.15, 0.2) is 0 Å². The van der Waals surface area contributed by atoms with Gasteiger partial charge in [-0.25, -0.2) is 9.18 Å². The van der Waals surface area contributed by atoms with Crippen LogP contribution < -0.4 is 10.6 Å². The van der Waals surface area contributed by atoms with Crippen molar-refractivity contribution >= 4 is 6.09 Å². The molecule has 1 unspecified atom stereocenters. The summed E-state index contributed by atoms with van der Waals surface area (Å²) in [7, 11) is 1.32. The number of amides is 1. The molecule has 0 bridgehead atoms. The average molecular weight is 429 g/mol. The van der Waals surface area contributed by atoms with Crippen molar-refractivity contribution in [2.75, 3.05) is 26.7 Å². The van der Waals surface area contributed by atoms with Crippen molar-refractivity contribution in [1.29, 1.82) is 0 Å².